The van der Waals surface area contributed by atoms with Gasteiger partial charge in [-0.1, -0.05) is 12.7 Å². The van der Waals surface area contributed by atoms with E-state index in [0.29, 0.717) is 18.9 Å². The number of thioether (sulfide) groups is 1. The van der Waals surface area contributed by atoms with Crippen molar-refractivity contribution in [2.45, 2.75) is 19.3 Å². The predicted octanol–water partition coefficient (Wildman–Crippen LogP) is 0.856. The summed E-state index contributed by atoms with van der Waals surface area (Å²) in [6.45, 7) is 4.12. The average Bonchev–Trinajstić information content (AvgIpc) is 2.54. The normalized spacial score (nSPS) is 10.5. The van der Waals surface area contributed by atoms with Gasteiger partial charge >= 0.3 is 12.0 Å². The molecule has 0 aliphatic carbocycles. The Morgan fingerprint density at radius 2 is 1.77 bits per heavy atom. The van der Waals surface area contributed by atoms with E-state index in [1.807, 2.05) is 0 Å². The molecule has 0 aromatic carbocycles. The smallest absolute Gasteiger partial charge is 0.323 e. The number of nitrogens with zero attached hydrogens (tertiary/aromatic N) is 3. The van der Waals surface area contributed by atoms with Gasteiger partial charge in [-0.3, -0.25) is 0 Å². The molecule has 0 atom stereocenters. The Labute approximate surface area is 134 Å². The lowest BCUT2D eigenvalue weighted by Gasteiger charge is -2.07. The number of aromatic nitrogens is 3. The van der Waals surface area contributed by atoms with E-state index in [9.17, 15) is 0 Å². The van der Waals surface area contributed by atoms with Gasteiger partial charge in [0.15, 0.2) is 0 Å². The van der Waals surface area contributed by atoms with Crippen molar-refractivity contribution < 1.29 is 19.7 Å². The van der Waals surface area contributed by atoms with Crippen LogP contribution in [-0.2, 0) is 6.42 Å². The fourth-order valence-corrected chi connectivity index (χ4v) is 2.28. The van der Waals surface area contributed by atoms with Crippen molar-refractivity contribution in [3.05, 3.63) is 18.5 Å². The molecule has 0 fully saturated rings. The number of aryl methyl sites for hydroxylation is 1. The summed E-state index contributed by atoms with van der Waals surface area (Å²) < 4.78 is 10.5. The van der Waals surface area contributed by atoms with Crippen molar-refractivity contribution in [3.8, 4) is 12.0 Å². The van der Waals surface area contributed by atoms with E-state index >= 15 is 0 Å². The van der Waals surface area contributed by atoms with E-state index in [0.717, 1.165) is 24.3 Å². The second kappa shape index (κ2) is 12.2. The topological polar surface area (TPSA) is 97.6 Å². The minimum atomic E-state index is -0.105. The van der Waals surface area contributed by atoms with E-state index in [-0.39, 0.29) is 31.8 Å². The van der Waals surface area contributed by atoms with Gasteiger partial charge in [0.25, 0.3) is 0 Å². The van der Waals surface area contributed by atoms with E-state index in [1.54, 1.807) is 17.8 Å². The molecule has 1 aromatic heterocycles. The lowest BCUT2D eigenvalue weighted by Crippen LogP contribution is -2.10. The van der Waals surface area contributed by atoms with Gasteiger partial charge in [-0.15, -0.1) is 4.98 Å². The fraction of sp³-hybridized carbons (Fsp3) is 0.643. The Morgan fingerprint density at radius 1 is 1.00 bits per heavy atom. The van der Waals surface area contributed by atoms with Gasteiger partial charge in [0.2, 0.25) is 0 Å². The van der Waals surface area contributed by atoms with Gasteiger partial charge < -0.3 is 19.7 Å². The number of unbranched alkanes of at least 4 members (excludes halogenated alkanes) is 1. The summed E-state index contributed by atoms with van der Waals surface area (Å²) in [7, 11) is 0. The zero-order valence-electron chi connectivity index (χ0n) is 12.6. The summed E-state index contributed by atoms with van der Waals surface area (Å²) >= 11 is 1.73. The first-order chi connectivity index (χ1) is 10.8. The lowest BCUT2D eigenvalue weighted by molar-refractivity contribution is 0.188. The molecule has 2 N–H and O–H groups in total. The fourth-order valence-electron chi connectivity index (χ4n) is 1.54. The molecule has 7 nitrogen and oxygen atoms in total. The van der Waals surface area contributed by atoms with Crippen molar-refractivity contribution in [2.75, 3.05) is 37.9 Å². The second-order valence-corrected chi connectivity index (χ2v) is 5.51. The molecule has 22 heavy (non-hydrogen) atoms. The minimum Gasteiger partial charge on any atom is -0.461 e. The van der Waals surface area contributed by atoms with Crippen molar-refractivity contribution in [2.24, 2.45) is 0 Å². The quantitative estimate of drug-likeness (QED) is 0.406. The van der Waals surface area contributed by atoms with Crippen LogP contribution in [-0.4, -0.2) is 63.1 Å². The zero-order valence-corrected chi connectivity index (χ0v) is 13.4. The Bertz CT molecular complexity index is 435. The third-order valence-corrected chi connectivity index (χ3v) is 3.52. The van der Waals surface area contributed by atoms with Crippen LogP contribution >= 0.6 is 11.8 Å². The summed E-state index contributed by atoms with van der Waals surface area (Å²) in [6, 6.07) is 0.361. The maximum Gasteiger partial charge on any atom is 0.323 e. The van der Waals surface area contributed by atoms with E-state index in [4.69, 9.17) is 19.7 Å². The van der Waals surface area contributed by atoms with Crippen LogP contribution in [0.15, 0.2) is 12.7 Å². The lowest BCUT2D eigenvalue weighted by atomic mass is 10.2. The molecule has 124 valence electrons. The Hall–Kier alpha value is -1.38. The van der Waals surface area contributed by atoms with Gasteiger partial charge in [-0.2, -0.15) is 21.7 Å². The van der Waals surface area contributed by atoms with Crippen LogP contribution in [0.1, 0.15) is 18.7 Å². The van der Waals surface area contributed by atoms with Crippen molar-refractivity contribution in [1.29, 1.82) is 0 Å². The van der Waals surface area contributed by atoms with Gasteiger partial charge in [0.1, 0.15) is 19.0 Å². The van der Waals surface area contributed by atoms with Gasteiger partial charge in [0.05, 0.1) is 13.2 Å². The SMILES string of the molecule is C=CCOc1nc(CCCCSCCO)nc(OCCO)n1. The van der Waals surface area contributed by atoms with E-state index in [2.05, 4.69) is 21.5 Å². The van der Waals surface area contributed by atoms with Crippen LogP contribution in [0.25, 0.3) is 0 Å². The van der Waals surface area contributed by atoms with Crippen molar-refractivity contribution in [1.82, 2.24) is 15.0 Å². The molecule has 0 aliphatic heterocycles. The highest BCUT2D eigenvalue weighted by atomic mass is 32.2. The molecule has 0 amide bonds. The molecule has 1 heterocycles. The Morgan fingerprint density at radius 3 is 2.45 bits per heavy atom. The molecule has 0 saturated carbocycles. The molecule has 1 rings (SSSR count). The maximum atomic E-state index is 8.79. The van der Waals surface area contributed by atoms with Crippen LogP contribution in [0, 0.1) is 0 Å². The van der Waals surface area contributed by atoms with Crippen molar-refractivity contribution in [3.63, 3.8) is 0 Å². The first-order valence-corrected chi connectivity index (χ1v) is 8.36. The number of aliphatic hydroxyl groups is 2. The molecule has 0 spiro atoms. The largest absolute Gasteiger partial charge is 0.461 e. The van der Waals surface area contributed by atoms with Gasteiger partial charge in [-0.05, 0) is 18.6 Å². The average molecular weight is 329 g/mol. The number of rotatable bonds is 13. The molecule has 0 bridgehead atoms. The molecule has 1 aromatic rings. The van der Waals surface area contributed by atoms with Crippen LogP contribution in [0.2, 0.25) is 0 Å². The number of hydrogen-bond donors (Lipinski definition) is 2. The maximum absolute atomic E-state index is 8.79. The van der Waals surface area contributed by atoms with Crippen LogP contribution < -0.4 is 9.47 Å². The highest BCUT2D eigenvalue weighted by Crippen LogP contribution is 2.13. The van der Waals surface area contributed by atoms with E-state index < -0.39 is 0 Å². The van der Waals surface area contributed by atoms with Crippen LogP contribution in [0.4, 0.5) is 0 Å². The first-order valence-electron chi connectivity index (χ1n) is 7.21. The zero-order chi connectivity index (χ0) is 16.0. The Kier molecular flexibility index (Phi) is 10.3. The number of ether oxygens (including phenoxy) is 2. The Balaban J connectivity index is 2.52. The highest BCUT2D eigenvalue weighted by Gasteiger charge is 2.08. The molecule has 0 saturated heterocycles. The highest BCUT2D eigenvalue weighted by molar-refractivity contribution is 7.99. The molecule has 0 aliphatic rings. The number of aliphatic hydroxyl groups excluding tert-OH is 2. The second-order valence-electron chi connectivity index (χ2n) is 4.28. The summed E-state index contributed by atoms with van der Waals surface area (Å²) in [6.07, 6.45) is 4.26. The van der Waals surface area contributed by atoms with Crippen LogP contribution in [0.3, 0.4) is 0 Å². The predicted molar refractivity (Wildman–Crippen MR) is 85.4 cm³/mol. The molecular formula is C14H23N3O4S. The minimum absolute atomic E-state index is 0.105. The summed E-state index contributed by atoms with van der Waals surface area (Å²) in [5.74, 6) is 2.37. The van der Waals surface area contributed by atoms with Crippen molar-refractivity contribution >= 4 is 11.8 Å². The molecule has 8 heteroatoms. The van der Waals surface area contributed by atoms with Crippen LogP contribution in [0.5, 0.6) is 12.0 Å². The standard InChI is InChI=1S/C14H23N3O4S/c1-2-8-20-13-15-12(5-3-4-10-22-11-7-19)16-14(17-13)21-9-6-18/h2,18-19H,1,3-11H2. The first kappa shape index (κ1) is 18.7. The van der Waals surface area contributed by atoms with E-state index in [1.165, 1.54) is 0 Å². The molecular weight excluding hydrogens is 306 g/mol. The summed E-state index contributed by atoms with van der Waals surface area (Å²) in [5, 5.41) is 17.5. The third-order valence-electron chi connectivity index (χ3n) is 2.47. The monoisotopic (exact) mass is 329 g/mol. The molecule has 0 unspecified atom stereocenters. The van der Waals surface area contributed by atoms with Gasteiger partial charge in [0, 0.05) is 12.2 Å². The third kappa shape index (κ3) is 8.16. The van der Waals surface area contributed by atoms with Gasteiger partial charge in [-0.25, -0.2) is 0 Å². The summed E-state index contributed by atoms with van der Waals surface area (Å²) in [5.41, 5.74) is 0. The molecule has 0 radical (unpaired) electrons. The number of hydrogen-bond acceptors (Lipinski definition) is 8. The summed E-state index contributed by atoms with van der Waals surface area (Å²) in [4.78, 5) is 12.5.